The van der Waals surface area contributed by atoms with Crippen molar-refractivity contribution >= 4 is 56.1 Å². The molecule has 0 aliphatic carbocycles. The van der Waals surface area contributed by atoms with Crippen molar-refractivity contribution < 1.29 is 47.4 Å². The summed E-state index contributed by atoms with van der Waals surface area (Å²) in [6, 6.07) is 17.4. The molecule has 0 amide bonds. The summed E-state index contributed by atoms with van der Waals surface area (Å²) in [6.45, 7) is 0.418. The van der Waals surface area contributed by atoms with E-state index in [1.807, 2.05) is 42.5 Å². The SMILES string of the molecule is COC1=C(OC)c2cc3c(OC)c(OC)c(cc4nc(cc5[nH]c(c(OC)c5OC)c5[nH]c(cc1n2)c(OC)c5OC)C(OC)=C4OC)n3Cc1ccccc1. The average molecular weight is 766 g/mol. The summed E-state index contributed by atoms with van der Waals surface area (Å²) in [7, 11) is 15.6. The first-order valence-corrected chi connectivity index (χ1v) is 17.4. The van der Waals surface area contributed by atoms with Crippen LogP contribution in [-0.2, 0) is 25.5 Å². The van der Waals surface area contributed by atoms with Gasteiger partial charge in [0, 0.05) is 6.54 Å². The van der Waals surface area contributed by atoms with Gasteiger partial charge >= 0.3 is 0 Å². The Balaban J connectivity index is 1.77. The molecule has 0 saturated heterocycles. The Kier molecular flexibility index (Phi) is 10.3. The van der Waals surface area contributed by atoms with Gasteiger partial charge in [0.15, 0.2) is 57.5 Å². The number of nitrogens with one attached hydrogen (secondary N) is 2. The third kappa shape index (κ3) is 6.01. The Morgan fingerprint density at radius 3 is 1.12 bits per heavy atom. The third-order valence-electron chi connectivity index (χ3n) is 9.54. The quantitative estimate of drug-likeness (QED) is 0.132. The van der Waals surface area contributed by atoms with Crippen molar-refractivity contribution in [2.24, 2.45) is 0 Å². The molecule has 0 saturated carbocycles. The molecule has 0 atom stereocenters. The lowest BCUT2D eigenvalue weighted by Gasteiger charge is -2.09. The van der Waals surface area contributed by atoms with Crippen LogP contribution in [0.4, 0.5) is 0 Å². The zero-order valence-electron chi connectivity index (χ0n) is 32.8. The zero-order chi connectivity index (χ0) is 39.7. The largest absolute Gasteiger partial charge is 0.491 e. The van der Waals surface area contributed by atoms with Crippen LogP contribution in [0.5, 0.6) is 34.5 Å². The third-order valence-corrected chi connectivity index (χ3v) is 9.54. The van der Waals surface area contributed by atoms with Crippen molar-refractivity contribution in [2.45, 2.75) is 6.54 Å². The van der Waals surface area contributed by atoms with Gasteiger partial charge in [0.25, 0.3) is 0 Å². The van der Waals surface area contributed by atoms with Gasteiger partial charge in [-0.2, -0.15) is 0 Å². The van der Waals surface area contributed by atoms with Crippen LogP contribution in [0.3, 0.4) is 0 Å². The van der Waals surface area contributed by atoms with E-state index in [4.69, 9.17) is 57.3 Å². The topological polar surface area (TPSA) is 155 Å². The number of aromatic nitrogens is 5. The maximum atomic E-state index is 6.09. The van der Waals surface area contributed by atoms with Crippen LogP contribution in [0.15, 0.2) is 54.6 Å². The van der Waals surface area contributed by atoms with Crippen molar-refractivity contribution in [3.05, 3.63) is 82.9 Å². The maximum absolute atomic E-state index is 6.09. The number of hydrogen-bond donors (Lipinski definition) is 2. The highest BCUT2D eigenvalue weighted by Crippen LogP contribution is 2.46. The van der Waals surface area contributed by atoms with Crippen LogP contribution in [0.25, 0.3) is 56.1 Å². The highest BCUT2D eigenvalue weighted by Gasteiger charge is 2.29. The van der Waals surface area contributed by atoms with Gasteiger partial charge in [-0.15, -0.1) is 0 Å². The Hall–Kier alpha value is -6.90. The Labute approximate surface area is 322 Å². The van der Waals surface area contributed by atoms with E-state index in [9.17, 15) is 0 Å². The van der Waals surface area contributed by atoms with Crippen molar-refractivity contribution in [2.75, 3.05) is 71.1 Å². The van der Waals surface area contributed by atoms with Gasteiger partial charge in [-0.05, 0) is 29.8 Å². The molecule has 15 nitrogen and oxygen atoms in total. The molecule has 0 spiro atoms. The van der Waals surface area contributed by atoms with Gasteiger partial charge in [0.05, 0.1) is 93.2 Å². The first kappa shape index (κ1) is 37.4. The molecule has 56 heavy (non-hydrogen) atoms. The van der Waals surface area contributed by atoms with E-state index in [-0.39, 0.29) is 0 Å². The van der Waals surface area contributed by atoms with Crippen molar-refractivity contribution in [1.29, 1.82) is 0 Å². The molecule has 6 heterocycles. The Bertz CT molecular complexity index is 2430. The van der Waals surface area contributed by atoms with Crippen molar-refractivity contribution in [3.8, 4) is 34.5 Å². The van der Waals surface area contributed by atoms with Crippen LogP contribution in [0.1, 0.15) is 28.3 Å². The molecule has 10 bridgehead atoms. The van der Waals surface area contributed by atoms with E-state index in [1.165, 1.54) is 0 Å². The first-order chi connectivity index (χ1) is 27.3. The summed E-state index contributed by atoms with van der Waals surface area (Å²) in [6.07, 6.45) is 0. The Morgan fingerprint density at radius 2 is 0.786 bits per heavy atom. The van der Waals surface area contributed by atoms with Crippen LogP contribution in [0.2, 0.25) is 0 Å². The molecule has 4 aromatic heterocycles. The molecular weight excluding hydrogens is 722 g/mol. The fourth-order valence-corrected chi connectivity index (χ4v) is 7.18. The molecule has 292 valence electrons. The second kappa shape index (κ2) is 15.5. The number of H-pyrrole nitrogens is 2. The number of rotatable bonds is 12. The van der Waals surface area contributed by atoms with E-state index in [0.717, 1.165) is 5.56 Å². The lowest BCUT2D eigenvalue weighted by atomic mass is 10.2. The molecule has 2 aliphatic heterocycles. The molecule has 15 heteroatoms. The zero-order valence-corrected chi connectivity index (χ0v) is 32.8. The van der Waals surface area contributed by atoms with Gasteiger partial charge in [-0.3, -0.25) is 0 Å². The summed E-state index contributed by atoms with van der Waals surface area (Å²) >= 11 is 0. The number of nitrogens with zero attached hydrogens (tertiary/aromatic N) is 3. The minimum Gasteiger partial charge on any atom is -0.491 e. The molecule has 7 rings (SSSR count). The van der Waals surface area contributed by atoms with Gasteiger partial charge in [-0.25, -0.2) is 9.97 Å². The normalized spacial score (nSPS) is 12.4. The second-order valence-corrected chi connectivity index (χ2v) is 12.3. The highest BCUT2D eigenvalue weighted by atomic mass is 16.5. The van der Waals surface area contributed by atoms with E-state index in [2.05, 4.69) is 14.5 Å². The molecule has 0 unspecified atom stereocenters. The van der Waals surface area contributed by atoms with Gasteiger partial charge in [0.2, 0.25) is 0 Å². The minimum atomic E-state index is 0.394. The molecule has 0 radical (unpaired) electrons. The standard InChI is InChI=1S/C41H43N5O10/c1-47-32-22-16-24-36(51-5)40(55-9)30(44-24)31-41(56-10)37(52-6)25(45-31)17-23-33(48-2)35(50-4)27(43-23)19-29-39(54-8)38(53-7)28(18-26(42-22)34(32)49-3)46(29)20-21-14-12-11-13-15-21/h11-19,44-45H,20H2,1-10H3. The van der Waals surface area contributed by atoms with Crippen LogP contribution in [0, 0.1) is 0 Å². The average Bonchev–Trinajstić information content (AvgIpc) is 4.00. The lowest BCUT2D eigenvalue weighted by molar-refractivity contribution is 0.331. The fourth-order valence-electron chi connectivity index (χ4n) is 7.18. The molecule has 1 aromatic carbocycles. The molecule has 5 aromatic rings. The predicted molar refractivity (Wildman–Crippen MR) is 212 cm³/mol. The molecular formula is C41H43N5O10. The summed E-state index contributed by atoms with van der Waals surface area (Å²) < 4.78 is 61.7. The summed E-state index contributed by atoms with van der Waals surface area (Å²) in [4.78, 5) is 17.0. The number of benzene rings is 1. The highest BCUT2D eigenvalue weighted by molar-refractivity contribution is 5.99. The minimum absolute atomic E-state index is 0.394. The van der Waals surface area contributed by atoms with E-state index in [1.54, 1.807) is 83.2 Å². The predicted octanol–water partition coefficient (Wildman–Crippen LogP) is 7.17. The fraction of sp³-hybridized carbons (Fsp3) is 0.268. The van der Waals surface area contributed by atoms with Crippen molar-refractivity contribution in [3.63, 3.8) is 0 Å². The number of methoxy groups -OCH3 is 10. The van der Waals surface area contributed by atoms with E-state index >= 15 is 0 Å². The number of hydrogen-bond acceptors (Lipinski definition) is 12. The van der Waals surface area contributed by atoms with Gasteiger partial charge in [-0.1, -0.05) is 30.3 Å². The smallest absolute Gasteiger partial charge is 0.188 e. The van der Waals surface area contributed by atoms with Crippen molar-refractivity contribution in [1.82, 2.24) is 24.5 Å². The maximum Gasteiger partial charge on any atom is 0.188 e. The number of ether oxygens (including phenoxy) is 10. The van der Waals surface area contributed by atoms with Gasteiger partial charge in [0.1, 0.15) is 33.8 Å². The van der Waals surface area contributed by atoms with Crippen LogP contribution >= 0.6 is 0 Å². The number of fused-ring (bicyclic) bond motifs is 11. The first-order valence-electron chi connectivity index (χ1n) is 17.4. The summed E-state index contributed by atoms with van der Waals surface area (Å²) in [5.41, 5.74) is 6.24. The van der Waals surface area contributed by atoms with Crippen LogP contribution < -0.4 is 28.4 Å². The second-order valence-electron chi connectivity index (χ2n) is 12.3. The molecule has 2 aliphatic rings. The Morgan fingerprint density at radius 1 is 0.429 bits per heavy atom. The summed E-state index contributed by atoms with van der Waals surface area (Å²) in [5.74, 6) is 4.11. The molecule has 2 N–H and O–H groups in total. The molecule has 0 fully saturated rings. The summed E-state index contributed by atoms with van der Waals surface area (Å²) in [5, 5.41) is 0. The van der Waals surface area contributed by atoms with Crippen LogP contribution in [-0.4, -0.2) is 95.6 Å². The monoisotopic (exact) mass is 765 g/mol. The van der Waals surface area contributed by atoms with E-state index in [0.29, 0.717) is 120 Å². The lowest BCUT2D eigenvalue weighted by Crippen LogP contribution is -2.00. The van der Waals surface area contributed by atoms with E-state index < -0.39 is 0 Å². The van der Waals surface area contributed by atoms with Gasteiger partial charge < -0.3 is 61.9 Å². The number of aromatic amines is 2.